The number of nitrogens with one attached hydrogen (secondary N) is 1. The maximum Gasteiger partial charge on any atom is 0.240 e. The maximum atomic E-state index is 11.9. The number of aryl methyl sites for hydroxylation is 1. The second kappa shape index (κ2) is 6.14. The molecule has 1 aromatic carbocycles. The minimum absolute atomic E-state index is 0.0154. The zero-order valence-electron chi connectivity index (χ0n) is 10.5. The van der Waals surface area contributed by atoms with E-state index in [2.05, 4.69) is 20.7 Å². The van der Waals surface area contributed by atoms with Crippen LogP contribution >= 0.6 is 15.9 Å². The van der Waals surface area contributed by atoms with Gasteiger partial charge in [0.25, 0.3) is 0 Å². The first-order valence-electron chi connectivity index (χ1n) is 5.61. The highest BCUT2D eigenvalue weighted by Crippen LogP contribution is 2.12. The van der Waals surface area contributed by atoms with E-state index < -0.39 is 15.6 Å². The Morgan fingerprint density at radius 3 is 2.28 bits per heavy atom. The van der Waals surface area contributed by atoms with Crippen molar-refractivity contribution in [2.45, 2.75) is 30.8 Å². The molecule has 18 heavy (non-hydrogen) atoms. The van der Waals surface area contributed by atoms with Crippen LogP contribution in [0, 0.1) is 0 Å². The summed E-state index contributed by atoms with van der Waals surface area (Å²) in [7, 11) is -3.55. The molecule has 0 amide bonds. The molecular weight excluding hydrogens is 318 g/mol. The normalized spacial score (nSPS) is 12.7. The molecule has 4 nitrogen and oxygen atoms in total. The first-order valence-corrected chi connectivity index (χ1v) is 8.22. The predicted octanol–water partition coefficient (Wildman–Crippen LogP) is 1.67. The molecular formula is C12H18BrNO3S. The fraction of sp³-hybridized carbons (Fsp3) is 0.500. The minimum atomic E-state index is -3.55. The van der Waals surface area contributed by atoms with Crippen LogP contribution in [0.4, 0.5) is 0 Å². The molecule has 102 valence electrons. The van der Waals surface area contributed by atoms with Gasteiger partial charge in [-0.05, 0) is 38.0 Å². The van der Waals surface area contributed by atoms with Crippen molar-refractivity contribution >= 4 is 26.0 Å². The largest absolute Gasteiger partial charge is 0.389 e. The maximum absolute atomic E-state index is 11.9. The molecule has 0 aliphatic heterocycles. The Bertz CT molecular complexity index is 477. The molecule has 0 fully saturated rings. The highest BCUT2D eigenvalue weighted by molar-refractivity contribution is 9.09. The standard InChI is InChI=1S/C12H18BrNO3S/c1-12(2,15)9-14-18(16,17)11-5-3-10(4-6-11)7-8-13/h3-6,14-15H,7-9H2,1-2H3. The van der Waals surface area contributed by atoms with Crippen LogP contribution in [-0.4, -0.2) is 31.0 Å². The van der Waals surface area contributed by atoms with Crippen LogP contribution < -0.4 is 4.72 Å². The van der Waals surface area contributed by atoms with Crippen LogP contribution in [0.1, 0.15) is 19.4 Å². The highest BCUT2D eigenvalue weighted by Gasteiger charge is 2.19. The van der Waals surface area contributed by atoms with Crippen molar-refractivity contribution in [1.29, 1.82) is 0 Å². The first kappa shape index (κ1) is 15.6. The monoisotopic (exact) mass is 335 g/mol. The number of benzene rings is 1. The van der Waals surface area contributed by atoms with Gasteiger partial charge in [0.15, 0.2) is 0 Å². The lowest BCUT2D eigenvalue weighted by molar-refractivity contribution is 0.0857. The number of hydrogen-bond donors (Lipinski definition) is 2. The lowest BCUT2D eigenvalue weighted by atomic mass is 10.1. The Balaban J connectivity index is 2.79. The third-order valence-electron chi connectivity index (χ3n) is 2.31. The number of aliphatic hydroxyl groups is 1. The van der Waals surface area contributed by atoms with Crippen LogP contribution in [0.3, 0.4) is 0 Å². The summed E-state index contributed by atoms with van der Waals surface area (Å²) in [6.45, 7) is 3.09. The van der Waals surface area contributed by atoms with Gasteiger partial charge in [-0.2, -0.15) is 0 Å². The Morgan fingerprint density at radius 2 is 1.83 bits per heavy atom. The Kier molecular flexibility index (Phi) is 5.33. The van der Waals surface area contributed by atoms with Gasteiger partial charge in [0, 0.05) is 11.9 Å². The third-order valence-corrected chi connectivity index (χ3v) is 4.13. The van der Waals surface area contributed by atoms with Crippen molar-refractivity contribution in [2.75, 3.05) is 11.9 Å². The van der Waals surface area contributed by atoms with Gasteiger partial charge in [0.05, 0.1) is 10.5 Å². The Morgan fingerprint density at radius 1 is 1.28 bits per heavy atom. The lowest BCUT2D eigenvalue weighted by Crippen LogP contribution is -2.38. The van der Waals surface area contributed by atoms with Crippen molar-refractivity contribution in [3.05, 3.63) is 29.8 Å². The van der Waals surface area contributed by atoms with Crippen LogP contribution in [0.2, 0.25) is 0 Å². The Hall–Kier alpha value is -0.430. The molecule has 0 radical (unpaired) electrons. The van der Waals surface area contributed by atoms with E-state index in [0.29, 0.717) is 0 Å². The zero-order valence-corrected chi connectivity index (χ0v) is 12.9. The molecule has 0 aromatic heterocycles. The van der Waals surface area contributed by atoms with Gasteiger partial charge in [-0.25, -0.2) is 13.1 Å². The number of alkyl halides is 1. The van der Waals surface area contributed by atoms with Crippen LogP contribution in [0.15, 0.2) is 29.2 Å². The number of hydrogen-bond acceptors (Lipinski definition) is 3. The fourth-order valence-electron chi connectivity index (χ4n) is 1.30. The molecule has 0 aliphatic rings. The third kappa shape index (κ3) is 5.06. The van der Waals surface area contributed by atoms with Crippen LogP contribution in [-0.2, 0) is 16.4 Å². The predicted molar refractivity (Wildman–Crippen MR) is 75.4 cm³/mol. The second-order valence-corrected chi connectivity index (χ2v) is 7.28. The van der Waals surface area contributed by atoms with E-state index in [9.17, 15) is 13.5 Å². The van der Waals surface area contributed by atoms with Gasteiger partial charge in [0.1, 0.15) is 0 Å². The van der Waals surface area contributed by atoms with E-state index in [1.807, 2.05) is 0 Å². The summed E-state index contributed by atoms with van der Waals surface area (Å²) in [5.74, 6) is 0. The molecule has 1 rings (SSSR count). The molecule has 0 unspecified atom stereocenters. The summed E-state index contributed by atoms with van der Waals surface area (Å²) in [6, 6.07) is 6.73. The highest BCUT2D eigenvalue weighted by atomic mass is 79.9. The quantitative estimate of drug-likeness (QED) is 0.777. The summed E-state index contributed by atoms with van der Waals surface area (Å²) >= 11 is 3.33. The second-order valence-electron chi connectivity index (χ2n) is 4.72. The van der Waals surface area contributed by atoms with E-state index in [1.54, 1.807) is 38.1 Å². The van der Waals surface area contributed by atoms with Crippen molar-refractivity contribution in [3.8, 4) is 0 Å². The fourth-order valence-corrected chi connectivity index (χ4v) is 2.96. The molecule has 0 saturated heterocycles. The number of halogens is 1. The first-order chi connectivity index (χ1) is 8.24. The average Bonchev–Trinajstić information content (AvgIpc) is 2.27. The Labute approximate surface area is 117 Å². The SMILES string of the molecule is CC(C)(O)CNS(=O)(=O)c1ccc(CCBr)cc1. The summed E-state index contributed by atoms with van der Waals surface area (Å²) in [4.78, 5) is 0.213. The molecule has 0 bridgehead atoms. The van der Waals surface area contributed by atoms with E-state index in [-0.39, 0.29) is 11.4 Å². The summed E-state index contributed by atoms with van der Waals surface area (Å²) < 4.78 is 26.2. The van der Waals surface area contributed by atoms with Gasteiger partial charge in [-0.15, -0.1) is 0 Å². The molecule has 0 spiro atoms. The van der Waals surface area contributed by atoms with Gasteiger partial charge in [-0.1, -0.05) is 28.1 Å². The zero-order chi connectivity index (χ0) is 13.8. The molecule has 0 heterocycles. The molecule has 6 heteroatoms. The number of sulfonamides is 1. The van der Waals surface area contributed by atoms with E-state index in [1.165, 1.54) is 0 Å². The molecule has 0 aliphatic carbocycles. The minimum Gasteiger partial charge on any atom is -0.389 e. The molecule has 0 saturated carbocycles. The van der Waals surface area contributed by atoms with E-state index in [0.717, 1.165) is 17.3 Å². The lowest BCUT2D eigenvalue weighted by Gasteiger charge is -2.17. The van der Waals surface area contributed by atoms with Crippen molar-refractivity contribution in [2.24, 2.45) is 0 Å². The van der Waals surface area contributed by atoms with Crippen molar-refractivity contribution < 1.29 is 13.5 Å². The van der Waals surface area contributed by atoms with Crippen molar-refractivity contribution in [3.63, 3.8) is 0 Å². The van der Waals surface area contributed by atoms with Crippen LogP contribution in [0.5, 0.6) is 0 Å². The summed E-state index contributed by atoms with van der Waals surface area (Å²) in [5.41, 5.74) is 0.0106. The van der Waals surface area contributed by atoms with Gasteiger partial charge < -0.3 is 5.11 Å². The van der Waals surface area contributed by atoms with E-state index in [4.69, 9.17) is 0 Å². The number of rotatable bonds is 6. The topological polar surface area (TPSA) is 66.4 Å². The van der Waals surface area contributed by atoms with Crippen LogP contribution in [0.25, 0.3) is 0 Å². The summed E-state index contributed by atoms with van der Waals surface area (Å²) in [5, 5.41) is 10.4. The summed E-state index contributed by atoms with van der Waals surface area (Å²) in [6.07, 6.45) is 0.859. The van der Waals surface area contributed by atoms with E-state index >= 15 is 0 Å². The van der Waals surface area contributed by atoms with Gasteiger partial charge in [0.2, 0.25) is 10.0 Å². The van der Waals surface area contributed by atoms with Gasteiger partial charge in [-0.3, -0.25) is 0 Å². The molecule has 2 N–H and O–H groups in total. The average molecular weight is 336 g/mol. The molecule has 1 aromatic rings. The van der Waals surface area contributed by atoms with Crippen molar-refractivity contribution in [1.82, 2.24) is 4.72 Å². The van der Waals surface area contributed by atoms with Gasteiger partial charge >= 0.3 is 0 Å². The molecule has 0 atom stereocenters. The smallest absolute Gasteiger partial charge is 0.240 e.